The molecule has 1 aliphatic rings. The van der Waals surface area contributed by atoms with Gasteiger partial charge in [0.05, 0.1) is 16.9 Å². The van der Waals surface area contributed by atoms with Crippen molar-refractivity contribution in [2.24, 2.45) is 0 Å². The molecule has 2 aromatic carbocycles. The van der Waals surface area contributed by atoms with Crippen LogP contribution in [0.3, 0.4) is 0 Å². The number of anilines is 3. The molecule has 0 unspecified atom stereocenters. The van der Waals surface area contributed by atoms with Crippen LogP contribution in [0, 0.1) is 0 Å². The molecule has 0 spiro atoms. The van der Waals surface area contributed by atoms with E-state index in [1.165, 1.54) is 6.08 Å². The van der Waals surface area contributed by atoms with E-state index in [2.05, 4.69) is 31.6 Å². The van der Waals surface area contributed by atoms with E-state index in [1.54, 1.807) is 12.3 Å². The Morgan fingerprint density at radius 2 is 2.03 bits per heavy atom. The fraction of sp³-hybridized carbons (Fsp3) is 0.222. The zero-order chi connectivity index (χ0) is 24.2. The molecule has 0 saturated carbocycles. The number of carbonyl (C=O) groups is 1. The van der Waals surface area contributed by atoms with Gasteiger partial charge in [-0.2, -0.15) is 0 Å². The number of halogens is 1. The number of piperidine rings is 1. The van der Waals surface area contributed by atoms with Crippen molar-refractivity contribution in [2.45, 2.75) is 25.8 Å². The highest BCUT2D eigenvalue weighted by atomic mass is 35.5. The summed E-state index contributed by atoms with van der Waals surface area (Å²) in [6.07, 6.45) is 8.92. The maximum atomic E-state index is 11.8. The van der Waals surface area contributed by atoms with Gasteiger partial charge in [-0.25, -0.2) is 9.97 Å². The molecule has 8 heteroatoms. The lowest BCUT2D eigenvalue weighted by atomic mass is 10.0. The van der Waals surface area contributed by atoms with E-state index in [0.29, 0.717) is 16.7 Å². The minimum Gasteiger partial charge on any atom is -0.369 e. The number of amides is 1. The van der Waals surface area contributed by atoms with Gasteiger partial charge in [-0.05, 0) is 56.2 Å². The molecule has 35 heavy (non-hydrogen) atoms. The van der Waals surface area contributed by atoms with Gasteiger partial charge < -0.3 is 20.5 Å². The summed E-state index contributed by atoms with van der Waals surface area (Å²) in [5.74, 6) is 0.445. The topological polar surface area (TPSA) is 85.9 Å². The van der Waals surface area contributed by atoms with Crippen molar-refractivity contribution in [3.05, 3.63) is 78.1 Å². The molecule has 2 aromatic heterocycles. The Hall–Kier alpha value is -3.84. The molecule has 7 nitrogen and oxygen atoms in total. The van der Waals surface area contributed by atoms with Gasteiger partial charge in [0.1, 0.15) is 0 Å². The van der Waals surface area contributed by atoms with E-state index in [1.807, 2.05) is 55.6 Å². The van der Waals surface area contributed by atoms with E-state index in [0.717, 1.165) is 53.8 Å². The van der Waals surface area contributed by atoms with Gasteiger partial charge >= 0.3 is 0 Å². The number of H-pyrrole nitrogens is 1. The van der Waals surface area contributed by atoms with Crippen LogP contribution < -0.4 is 15.5 Å². The summed E-state index contributed by atoms with van der Waals surface area (Å²) in [4.78, 5) is 26.6. The lowest BCUT2D eigenvalue weighted by Crippen LogP contribution is -2.42. The highest BCUT2D eigenvalue weighted by Crippen LogP contribution is 2.32. The van der Waals surface area contributed by atoms with Crippen LogP contribution in [0.15, 0.2) is 73.1 Å². The normalized spacial score (nSPS) is 16.1. The first-order valence-corrected chi connectivity index (χ1v) is 12.1. The first kappa shape index (κ1) is 22.9. The molecule has 1 amide bonds. The average Bonchev–Trinajstić information content (AvgIpc) is 3.30. The quantitative estimate of drug-likeness (QED) is 0.296. The molecule has 1 atom stereocenters. The molecular weight excluding hydrogens is 460 g/mol. The van der Waals surface area contributed by atoms with E-state index < -0.39 is 0 Å². The summed E-state index contributed by atoms with van der Waals surface area (Å²) in [7, 11) is 0. The summed E-state index contributed by atoms with van der Waals surface area (Å²) < 4.78 is 0. The van der Waals surface area contributed by atoms with Gasteiger partial charge in [-0.15, -0.1) is 0 Å². The molecule has 3 heterocycles. The lowest BCUT2D eigenvalue weighted by Gasteiger charge is -2.35. The van der Waals surface area contributed by atoms with Crippen molar-refractivity contribution in [3.8, 4) is 11.3 Å². The minimum atomic E-state index is -0.127. The molecular formula is C27H27ClN6O. The predicted octanol–water partition coefficient (Wildman–Crippen LogP) is 5.87. The van der Waals surface area contributed by atoms with Crippen molar-refractivity contribution in [1.82, 2.24) is 15.0 Å². The number of rotatable bonds is 6. The second kappa shape index (κ2) is 10.2. The standard InChI is InChI=1S/C27H27ClN6O/c1-2-6-25(35)31-18-10-12-20(13-11-18)34-14-5-7-19(17-34)32-27-30-16-23(28)26(33-27)22-15-29-24-9-4-3-8-21(22)24/h2-4,6,8-13,15-16,19,29H,5,7,14,17H2,1H3,(H,31,35)(H,30,32,33)/b6-2+/t19-/m1/s1. The van der Waals surface area contributed by atoms with E-state index in [4.69, 9.17) is 16.6 Å². The fourth-order valence-electron chi connectivity index (χ4n) is 4.50. The maximum absolute atomic E-state index is 11.8. The summed E-state index contributed by atoms with van der Waals surface area (Å²) in [5, 5.41) is 7.97. The average molecular weight is 487 g/mol. The summed E-state index contributed by atoms with van der Waals surface area (Å²) in [6.45, 7) is 3.63. The Morgan fingerprint density at radius 1 is 1.20 bits per heavy atom. The van der Waals surface area contributed by atoms with Crippen molar-refractivity contribution in [1.29, 1.82) is 0 Å². The van der Waals surface area contributed by atoms with Gasteiger partial charge in [0, 0.05) is 53.2 Å². The van der Waals surface area contributed by atoms with Crippen molar-refractivity contribution in [3.63, 3.8) is 0 Å². The maximum Gasteiger partial charge on any atom is 0.248 e. The van der Waals surface area contributed by atoms with Crippen LogP contribution in [-0.2, 0) is 4.79 Å². The number of nitrogens with one attached hydrogen (secondary N) is 3. The molecule has 0 radical (unpaired) electrons. The number of aromatic amines is 1. The third kappa shape index (κ3) is 5.15. The van der Waals surface area contributed by atoms with Crippen LogP contribution in [0.5, 0.6) is 0 Å². The van der Waals surface area contributed by atoms with Crippen LogP contribution in [0.25, 0.3) is 22.2 Å². The number of hydrogen-bond donors (Lipinski definition) is 3. The Bertz CT molecular complexity index is 1360. The van der Waals surface area contributed by atoms with E-state index in [9.17, 15) is 4.79 Å². The number of benzene rings is 2. The molecule has 1 aliphatic heterocycles. The van der Waals surface area contributed by atoms with Crippen LogP contribution in [0.2, 0.25) is 5.02 Å². The number of para-hydroxylation sites is 1. The zero-order valence-electron chi connectivity index (χ0n) is 19.5. The zero-order valence-corrected chi connectivity index (χ0v) is 20.2. The van der Waals surface area contributed by atoms with Gasteiger partial charge in [-0.1, -0.05) is 35.9 Å². The minimum absolute atomic E-state index is 0.127. The summed E-state index contributed by atoms with van der Waals surface area (Å²) in [6, 6.07) is 16.3. The molecule has 4 aromatic rings. The van der Waals surface area contributed by atoms with E-state index in [-0.39, 0.29) is 11.9 Å². The summed E-state index contributed by atoms with van der Waals surface area (Å²) in [5.41, 5.74) is 4.62. The monoisotopic (exact) mass is 486 g/mol. The first-order valence-electron chi connectivity index (χ1n) is 11.7. The Kier molecular flexibility index (Phi) is 6.68. The van der Waals surface area contributed by atoms with Crippen molar-refractivity contribution < 1.29 is 4.79 Å². The Morgan fingerprint density at radius 3 is 2.86 bits per heavy atom. The van der Waals surface area contributed by atoms with Crippen LogP contribution in [0.1, 0.15) is 19.8 Å². The molecule has 5 rings (SSSR count). The van der Waals surface area contributed by atoms with Gasteiger partial charge in [0.15, 0.2) is 0 Å². The second-order valence-electron chi connectivity index (χ2n) is 8.60. The number of nitrogens with zero attached hydrogens (tertiary/aromatic N) is 3. The molecule has 3 N–H and O–H groups in total. The number of carbonyl (C=O) groups excluding carboxylic acids is 1. The number of allylic oxidation sites excluding steroid dienone is 1. The van der Waals surface area contributed by atoms with E-state index >= 15 is 0 Å². The van der Waals surface area contributed by atoms with Crippen molar-refractivity contribution >= 4 is 45.7 Å². The van der Waals surface area contributed by atoms with Gasteiger partial charge in [0.25, 0.3) is 0 Å². The van der Waals surface area contributed by atoms with Crippen LogP contribution in [0.4, 0.5) is 17.3 Å². The van der Waals surface area contributed by atoms with Gasteiger partial charge in [0.2, 0.25) is 11.9 Å². The SMILES string of the molecule is C/C=C/C(=O)Nc1ccc(N2CCC[C@@H](Nc3ncc(Cl)c(-c4c[nH]c5ccccc45)n3)C2)cc1. The third-order valence-electron chi connectivity index (χ3n) is 6.16. The molecule has 0 bridgehead atoms. The highest BCUT2D eigenvalue weighted by molar-refractivity contribution is 6.33. The Labute approximate surface area is 209 Å². The Balaban J connectivity index is 1.29. The highest BCUT2D eigenvalue weighted by Gasteiger charge is 2.22. The molecule has 0 aliphatic carbocycles. The largest absolute Gasteiger partial charge is 0.369 e. The third-order valence-corrected chi connectivity index (χ3v) is 6.44. The second-order valence-corrected chi connectivity index (χ2v) is 9.01. The predicted molar refractivity (Wildman–Crippen MR) is 143 cm³/mol. The van der Waals surface area contributed by atoms with Gasteiger partial charge in [-0.3, -0.25) is 4.79 Å². The van der Waals surface area contributed by atoms with Crippen LogP contribution in [-0.4, -0.2) is 40.0 Å². The number of fused-ring (bicyclic) bond motifs is 1. The first-order chi connectivity index (χ1) is 17.1. The molecule has 178 valence electrons. The summed E-state index contributed by atoms with van der Waals surface area (Å²) >= 11 is 6.49. The number of hydrogen-bond acceptors (Lipinski definition) is 5. The lowest BCUT2D eigenvalue weighted by molar-refractivity contribution is -0.111. The molecule has 1 fully saturated rings. The fourth-order valence-corrected chi connectivity index (χ4v) is 4.69. The smallest absolute Gasteiger partial charge is 0.248 e. The number of aromatic nitrogens is 3. The van der Waals surface area contributed by atoms with Crippen molar-refractivity contribution in [2.75, 3.05) is 28.6 Å². The van der Waals surface area contributed by atoms with Crippen LogP contribution >= 0.6 is 11.6 Å². The molecule has 1 saturated heterocycles.